The van der Waals surface area contributed by atoms with Crippen molar-refractivity contribution in [3.05, 3.63) is 39.9 Å². The molecule has 0 radical (unpaired) electrons. The molecule has 0 atom stereocenters. The Balaban J connectivity index is 0.00000289. The van der Waals surface area contributed by atoms with E-state index in [0.717, 1.165) is 0 Å². The first-order chi connectivity index (χ1) is 7.85. The summed E-state index contributed by atoms with van der Waals surface area (Å²) in [6.07, 6.45) is 0. The molecule has 0 aliphatic carbocycles. The van der Waals surface area contributed by atoms with Crippen molar-refractivity contribution in [2.75, 3.05) is 6.54 Å². The van der Waals surface area contributed by atoms with Gasteiger partial charge < -0.3 is 11.1 Å². The molecule has 0 aliphatic heterocycles. The summed E-state index contributed by atoms with van der Waals surface area (Å²) in [7, 11) is 0. The number of carbonyl (C=O) groups excluding carboxylic acids is 1. The maximum atomic E-state index is 11.8. The van der Waals surface area contributed by atoms with E-state index in [0.29, 0.717) is 12.1 Å². The van der Waals surface area contributed by atoms with Crippen molar-refractivity contribution < 1.29 is 9.72 Å². The summed E-state index contributed by atoms with van der Waals surface area (Å²) in [6, 6.07) is 5.43. The first-order valence-corrected chi connectivity index (χ1v) is 5.13. The summed E-state index contributed by atoms with van der Waals surface area (Å²) in [4.78, 5) is 21.7. The number of hydrogen-bond donors (Lipinski definition) is 2. The van der Waals surface area contributed by atoms with Crippen LogP contribution >= 0.6 is 12.4 Å². The number of nitro groups is 1. The highest BCUT2D eigenvalue weighted by Gasteiger charge is 2.19. The molecule has 0 heterocycles. The van der Waals surface area contributed by atoms with Gasteiger partial charge in [-0.25, -0.2) is 0 Å². The Labute approximate surface area is 111 Å². The van der Waals surface area contributed by atoms with Crippen LogP contribution in [0.3, 0.4) is 0 Å². The number of rotatable bonds is 4. The predicted octanol–water partition coefficient (Wildman–Crippen LogP) is 1.48. The highest BCUT2D eigenvalue weighted by molar-refractivity contribution is 5.94. The number of hydrogen-bond acceptors (Lipinski definition) is 4. The van der Waals surface area contributed by atoms with Gasteiger partial charge in [-0.3, -0.25) is 14.9 Å². The molecule has 7 heteroatoms. The first kappa shape index (κ1) is 16.3. The fourth-order valence-electron chi connectivity index (χ4n) is 1.17. The lowest BCUT2D eigenvalue weighted by molar-refractivity contribution is -0.384. The molecule has 3 N–H and O–H groups in total. The van der Waals surface area contributed by atoms with Crippen molar-refractivity contribution in [3.8, 4) is 0 Å². The number of non-ortho nitro benzene ring substituents is 1. The summed E-state index contributed by atoms with van der Waals surface area (Å²) in [5, 5.41) is 13.2. The molecule has 0 aromatic heterocycles. The minimum atomic E-state index is -0.508. The van der Waals surface area contributed by atoms with Gasteiger partial charge in [0, 0.05) is 29.8 Å². The van der Waals surface area contributed by atoms with Gasteiger partial charge in [0.2, 0.25) is 0 Å². The van der Waals surface area contributed by atoms with Crippen LogP contribution < -0.4 is 11.1 Å². The van der Waals surface area contributed by atoms with Gasteiger partial charge in [-0.2, -0.15) is 0 Å². The fraction of sp³-hybridized carbons (Fsp3) is 0.364. The van der Waals surface area contributed by atoms with E-state index in [4.69, 9.17) is 5.73 Å². The van der Waals surface area contributed by atoms with Gasteiger partial charge >= 0.3 is 0 Å². The third-order valence-electron chi connectivity index (χ3n) is 2.30. The van der Waals surface area contributed by atoms with E-state index in [1.807, 2.05) is 0 Å². The minimum absolute atomic E-state index is 0. The fourth-order valence-corrected chi connectivity index (χ4v) is 1.17. The van der Waals surface area contributed by atoms with Crippen molar-refractivity contribution in [2.45, 2.75) is 19.4 Å². The van der Waals surface area contributed by atoms with Crippen LogP contribution in [0.2, 0.25) is 0 Å². The standard InChI is InChI=1S/C11H15N3O3.ClH/c1-11(2,7-12)13-10(15)8-3-5-9(6-4-8)14(16)17;/h3-6H,7,12H2,1-2H3,(H,13,15);1H. The number of benzene rings is 1. The maximum absolute atomic E-state index is 11.8. The average molecular weight is 274 g/mol. The molecule has 0 spiro atoms. The summed E-state index contributed by atoms with van der Waals surface area (Å²) in [6.45, 7) is 3.91. The zero-order valence-corrected chi connectivity index (χ0v) is 11.0. The van der Waals surface area contributed by atoms with E-state index < -0.39 is 10.5 Å². The monoisotopic (exact) mass is 273 g/mol. The number of amides is 1. The number of nitrogens with one attached hydrogen (secondary N) is 1. The van der Waals surface area contributed by atoms with E-state index in [1.54, 1.807) is 13.8 Å². The molecule has 1 aromatic rings. The largest absolute Gasteiger partial charge is 0.346 e. The van der Waals surface area contributed by atoms with Crippen molar-refractivity contribution in [1.29, 1.82) is 0 Å². The minimum Gasteiger partial charge on any atom is -0.346 e. The molecule has 6 nitrogen and oxygen atoms in total. The van der Waals surface area contributed by atoms with Crippen LogP contribution in [0.5, 0.6) is 0 Å². The molecule has 0 saturated carbocycles. The number of nitrogens with two attached hydrogens (primary N) is 1. The predicted molar refractivity (Wildman–Crippen MR) is 70.9 cm³/mol. The molecular weight excluding hydrogens is 258 g/mol. The Morgan fingerprint density at radius 2 is 1.89 bits per heavy atom. The molecule has 1 rings (SSSR count). The van der Waals surface area contributed by atoms with Gasteiger partial charge in [-0.05, 0) is 26.0 Å². The quantitative estimate of drug-likeness (QED) is 0.641. The van der Waals surface area contributed by atoms with E-state index >= 15 is 0 Å². The lowest BCUT2D eigenvalue weighted by Crippen LogP contribution is -2.48. The lowest BCUT2D eigenvalue weighted by Gasteiger charge is -2.24. The van der Waals surface area contributed by atoms with Crippen LogP contribution in [0.25, 0.3) is 0 Å². The number of carbonyl (C=O) groups is 1. The van der Waals surface area contributed by atoms with E-state index in [9.17, 15) is 14.9 Å². The lowest BCUT2D eigenvalue weighted by atomic mass is 10.1. The molecule has 0 saturated heterocycles. The smallest absolute Gasteiger partial charge is 0.269 e. The van der Waals surface area contributed by atoms with Gasteiger partial charge in [0.1, 0.15) is 0 Å². The van der Waals surface area contributed by atoms with Gasteiger partial charge in [-0.1, -0.05) is 0 Å². The van der Waals surface area contributed by atoms with Crippen molar-refractivity contribution in [1.82, 2.24) is 5.32 Å². The highest BCUT2D eigenvalue weighted by Crippen LogP contribution is 2.12. The van der Waals surface area contributed by atoms with Crippen molar-refractivity contribution in [2.24, 2.45) is 5.73 Å². The third kappa shape index (κ3) is 4.31. The second-order valence-corrected chi connectivity index (χ2v) is 4.35. The molecule has 0 unspecified atom stereocenters. The van der Waals surface area contributed by atoms with E-state index in [1.165, 1.54) is 24.3 Å². The van der Waals surface area contributed by atoms with Gasteiger partial charge in [0.15, 0.2) is 0 Å². The van der Waals surface area contributed by atoms with Crippen LogP contribution in [0, 0.1) is 10.1 Å². The average Bonchev–Trinajstić information content (AvgIpc) is 2.28. The summed E-state index contributed by atoms with van der Waals surface area (Å²) in [5.41, 5.74) is 5.32. The van der Waals surface area contributed by atoms with Crippen LogP contribution in [0.4, 0.5) is 5.69 Å². The number of nitrogens with zero attached hydrogens (tertiary/aromatic N) is 1. The van der Waals surface area contributed by atoms with Gasteiger partial charge in [-0.15, -0.1) is 12.4 Å². The Kier molecular flexibility index (Phi) is 5.74. The first-order valence-electron chi connectivity index (χ1n) is 5.13. The SMILES string of the molecule is CC(C)(CN)NC(=O)c1ccc([N+](=O)[O-])cc1.Cl. The summed E-state index contributed by atoms with van der Waals surface area (Å²) >= 11 is 0. The normalized spacial score (nSPS) is 10.4. The van der Waals surface area contributed by atoms with Gasteiger partial charge in [0.25, 0.3) is 11.6 Å². The van der Waals surface area contributed by atoms with Crippen molar-refractivity contribution in [3.63, 3.8) is 0 Å². The Morgan fingerprint density at radius 1 is 1.39 bits per heavy atom. The Hall–Kier alpha value is -1.66. The van der Waals surface area contributed by atoms with Crippen LogP contribution in [-0.2, 0) is 0 Å². The zero-order valence-electron chi connectivity index (χ0n) is 10.2. The van der Waals surface area contributed by atoms with Crippen LogP contribution in [-0.4, -0.2) is 22.9 Å². The molecule has 0 aliphatic rings. The topological polar surface area (TPSA) is 98.3 Å². The highest BCUT2D eigenvalue weighted by atomic mass is 35.5. The van der Waals surface area contributed by atoms with Gasteiger partial charge in [0.05, 0.1) is 4.92 Å². The molecule has 1 aromatic carbocycles. The number of nitro benzene ring substituents is 1. The summed E-state index contributed by atoms with van der Waals surface area (Å²) in [5.74, 6) is -0.296. The molecule has 100 valence electrons. The molecular formula is C11H16ClN3O3. The Morgan fingerprint density at radius 3 is 2.28 bits per heavy atom. The zero-order chi connectivity index (χ0) is 13.1. The molecule has 18 heavy (non-hydrogen) atoms. The molecule has 0 bridgehead atoms. The van der Waals surface area contributed by atoms with Crippen molar-refractivity contribution >= 4 is 24.0 Å². The second-order valence-electron chi connectivity index (χ2n) is 4.35. The molecule has 1 amide bonds. The van der Waals surface area contributed by atoms with Crippen LogP contribution in [0.15, 0.2) is 24.3 Å². The number of halogens is 1. The maximum Gasteiger partial charge on any atom is 0.269 e. The van der Waals surface area contributed by atoms with E-state index in [-0.39, 0.29) is 24.0 Å². The Bertz CT molecular complexity index is 432. The molecule has 0 fully saturated rings. The van der Waals surface area contributed by atoms with Crippen LogP contribution in [0.1, 0.15) is 24.2 Å². The third-order valence-corrected chi connectivity index (χ3v) is 2.30. The second kappa shape index (κ2) is 6.32. The van der Waals surface area contributed by atoms with E-state index in [2.05, 4.69) is 5.32 Å². The summed E-state index contributed by atoms with van der Waals surface area (Å²) < 4.78 is 0.